The standard InChI is InChI=1S/C14H15N3O4/c1-16-13-3-2-10(17(19)20)6-11(13)12(7-14(16)18)15-9-4-5-21-8-9/h2-3,6-7,9,15H,4-5,8H2,1H3/t9-/m0/s1. The second-order valence-corrected chi connectivity index (χ2v) is 5.12. The lowest BCUT2D eigenvalue weighted by molar-refractivity contribution is -0.384. The maximum Gasteiger partial charge on any atom is 0.270 e. The molecule has 110 valence electrons. The van der Waals surface area contributed by atoms with Crippen LogP contribution in [0.5, 0.6) is 0 Å². The van der Waals surface area contributed by atoms with Gasteiger partial charge < -0.3 is 14.6 Å². The number of hydrogen-bond donors (Lipinski definition) is 1. The van der Waals surface area contributed by atoms with E-state index < -0.39 is 4.92 Å². The second kappa shape index (κ2) is 5.17. The number of aryl methyl sites for hydroxylation is 1. The molecule has 1 aliphatic heterocycles. The summed E-state index contributed by atoms with van der Waals surface area (Å²) in [5.74, 6) is 0. The Bertz CT molecular complexity index is 763. The number of nitro groups is 1. The number of ether oxygens (including phenoxy) is 1. The lowest BCUT2D eigenvalue weighted by atomic mass is 10.1. The highest BCUT2D eigenvalue weighted by molar-refractivity contribution is 5.93. The predicted molar refractivity (Wildman–Crippen MR) is 78.7 cm³/mol. The van der Waals surface area contributed by atoms with Gasteiger partial charge in [0.2, 0.25) is 0 Å². The van der Waals surface area contributed by atoms with Crippen molar-refractivity contribution in [3.8, 4) is 0 Å². The summed E-state index contributed by atoms with van der Waals surface area (Å²) in [5.41, 5.74) is 1.13. The molecule has 1 saturated heterocycles. The number of pyridine rings is 1. The molecule has 21 heavy (non-hydrogen) atoms. The molecule has 2 aromatic rings. The van der Waals surface area contributed by atoms with Crippen molar-refractivity contribution in [2.75, 3.05) is 18.5 Å². The summed E-state index contributed by atoms with van der Waals surface area (Å²) >= 11 is 0. The summed E-state index contributed by atoms with van der Waals surface area (Å²) in [7, 11) is 1.65. The third-order valence-electron chi connectivity index (χ3n) is 3.73. The van der Waals surface area contributed by atoms with Gasteiger partial charge in [0.05, 0.1) is 23.1 Å². The summed E-state index contributed by atoms with van der Waals surface area (Å²) in [6, 6.07) is 6.10. The van der Waals surface area contributed by atoms with E-state index >= 15 is 0 Å². The van der Waals surface area contributed by atoms with E-state index in [4.69, 9.17) is 4.74 Å². The van der Waals surface area contributed by atoms with Crippen molar-refractivity contribution in [2.24, 2.45) is 7.05 Å². The van der Waals surface area contributed by atoms with Crippen LogP contribution in [0.2, 0.25) is 0 Å². The molecule has 1 atom stereocenters. The monoisotopic (exact) mass is 289 g/mol. The zero-order valence-corrected chi connectivity index (χ0v) is 11.5. The summed E-state index contributed by atoms with van der Waals surface area (Å²) in [4.78, 5) is 22.5. The van der Waals surface area contributed by atoms with Crippen molar-refractivity contribution in [3.05, 3.63) is 44.7 Å². The van der Waals surface area contributed by atoms with Crippen molar-refractivity contribution in [2.45, 2.75) is 12.5 Å². The minimum atomic E-state index is -0.437. The van der Waals surface area contributed by atoms with Crippen molar-refractivity contribution in [1.29, 1.82) is 0 Å². The molecular formula is C14H15N3O4. The van der Waals surface area contributed by atoms with E-state index in [1.807, 2.05) is 0 Å². The number of non-ortho nitro benzene ring substituents is 1. The molecule has 0 radical (unpaired) electrons. The summed E-state index contributed by atoms with van der Waals surface area (Å²) in [5, 5.41) is 14.9. The first-order valence-corrected chi connectivity index (χ1v) is 6.69. The summed E-state index contributed by atoms with van der Waals surface area (Å²) < 4.78 is 6.78. The molecule has 7 nitrogen and oxygen atoms in total. The van der Waals surface area contributed by atoms with Crippen LogP contribution in [0.25, 0.3) is 10.9 Å². The van der Waals surface area contributed by atoms with E-state index in [1.165, 1.54) is 22.8 Å². The highest BCUT2D eigenvalue weighted by Gasteiger charge is 2.18. The molecule has 1 aromatic carbocycles. The van der Waals surface area contributed by atoms with Gasteiger partial charge >= 0.3 is 0 Å². The van der Waals surface area contributed by atoms with Crippen LogP contribution in [0.15, 0.2) is 29.1 Å². The minimum Gasteiger partial charge on any atom is -0.379 e. The molecule has 7 heteroatoms. The molecular weight excluding hydrogens is 274 g/mol. The maximum atomic E-state index is 12.0. The SMILES string of the molecule is Cn1c(=O)cc(N[C@H]2CCOC2)c2cc([N+](=O)[O-])ccc21. The normalized spacial score (nSPS) is 18.0. The number of hydrogen-bond acceptors (Lipinski definition) is 5. The quantitative estimate of drug-likeness (QED) is 0.685. The van der Waals surface area contributed by atoms with Crippen LogP contribution in [0.1, 0.15) is 6.42 Å². The van der Waals surface area contributed by atoms with Crippen LogP contribution >= 0.6 is 0 Å². The smallest absolute Gasteiger partial charge is 0.270 e. The first-order chi connectivity index (χ1) is 10.1. The van der Waals surface area contributed by atoms with Gasteiger partial charge in [0.15, 0.2) is 0 Å². The van der Waals surface area contributed by atoms with Crippen LogP contribution in [0.4, 0.5) is 11.4 Å². The van der Waals surface area contributed by atoms with Gasteiger partial charge in [-0.3, -0.25) is 14.9 Å². The topological polar surface area (TPSA) is 86.4 Å². The molecule has 1 aromatic heterocycles. The average molecular weight is 289 g/mol. The number of benzene rings is 1. The Balaban J connectivity index is 2.16. The average Bonchev–Trinajstić information content (AvgIpc) is 2.97. The van der Waals surface area contributed by atoms with Crippen molar-refractivity contribution in [1.82, 2.24) is 4.57 Å². The molecule has 1 N–H and O–H groups in total. The Labute approximate surface area is 120 Å². The highest BCUT2D eigenvalue weighted by atomic mass is 16.6. The number of anilines is 1. The summed E-state index contributed by atoms with van der Waals surface area (Å²) in [6.07, 6.45) is 0.853. The number of aromatic nitrogens is 1. The van der Waals surface area contributed by atoms with Gasteiger partial charge in [-0.1, -0.05) is 0 Å². The third kappa shape index (κ3) is 2.47. The number of rotatable bonds is 3. The minimum absolute atomic E-state index is 0.00636. The third-order valence-corrected chi connectivity index (χ3v) is 3.73. The molecule has 0 amide bonds. The molecule has 0 aliphatic carbocycles. The van der Waals surface area contributed by atoms with Crippen molar-refractivity contribution >= 4 is 22.3 Å². The highest BCUT2D eigenvalue weighted by Crippen LogP contribution is 2.27. The van der Waals surface area contributed by atoms with Crippen LogP contribution in [-0.4, -0.2) is 28.7 Å². The van der Waals surface area contributed by atoms with Crippen LogP contribution in [0, 0.1) is 10.1 Å². The Morgan fingerprint density at radius 1 is 1.43 bits per heavy atom. The van der Waals surface area contributed by atoms with E-state index in [-0.39, 0.29) is 17.3 Å². The molecule has 2 heterocycles. The number of nitro benzene ring substituents is 1. The van der Waals surface area contributed by atoms with E-state index in [9.17, 15) is 14.9 Å². The van der Waals surface area contributed by atoms with Gasteiger partial charge in [0.25, 0.3) is 11.2 Å². The molecule has 0 saturated carbocycles. The molecule has 0 unspecified atom stereocenters. The number of fused-ring (bicyclic) bond motifs is 1. The molecule has 0 bridgehead atoms. The molecule has 3 rings (SSSR count). The van der Waals surface area contributed by atoms with Gasteiger partial charge in [-0.2, -0.15) is 0 Å². The Kier molecular flexibility index (Phi) is 3.34. The fourth-order valence-corrected chi connectivity index (χ4v) is 2.55. The molecule has 1 aliphatic rings. The van der Waals surface area contributed by atoms with E-state index in [2.05, 4.69) is 5.32 Å². The lowest BCUT2D eigenvalue weighted by Gasteiger charge is -2.15. The first kappa shape index (κ1) is 13.6. The fraction of sp³-hybridized carbons (Fsp3) is 0.357. The van der Waals surface area contributed by atoms with E-state index in [0.717, 1.165) is 6.42 Å². The van der Waals surface area contributed by atoms with Crippen LogP contribution in [0.3, 0.4) is 0 Å². The Hall–Kier alpha value is -2.41. The predicted octanol–water partition coefficient (Wildman–Crippen LogP) is 1.65. The second-order valence-electron chi connectivity index (χ2n) is 5.12. The lowest BCUT2D eigenvalue weighted by Crippen LogP contribution is -2.23. The van der Waals surface area contributed by atoms with Gasteiger partial charge in [-0.15, -0.1) is 0 Å². The molecule has 1 fully saturated rings. The number of nitrogens with zero attached hydrogens (tertiary/aromatic N) is 2. The van der Waals surface area contributed by atoms with Gasteiger partial charge in [0, 0.05) is 42.9 Å². The first-order valence-electron chi connectivity index (χ1n) is 6.69. The van der Waals surface area contributed by atoms with Gasteiger partial charge in [-0.05, 0) is 12.5 Å². The van der Waals surface area contributed by atoms with Crippen LogP contribution in [-0.2, 0) is 11.8 Å². The zero-order valence-electron chi connectivity index (χ0n) is 11.5. The number of nitrogens with one attached hydrogen (secondary N) is 1. The van der Waals surface area contributed by atoms with E-state index in [0.29, 0.717) is 29.8 Å². The fourth-order valence-electron chi connectivity index (χ4n) is 2.55. The van der Waals surface area contributed by atoms with Crippen molar-refractivity contribution in [3.63, 3.8) is 0 Å². The van der Waals surface area contributed by atoms with Gasteiger partial charge in [0.1, 0.15) is 0 Å². The Morgan fingerprint density at radius 3 is 2.90 bits per heavy atom. The van der Waals surface area contributed by atoms with E-state index in [1.54, 1.807) is 13.1 Å². The largest absolute Gasteiger partial charge is 0.379 e. The van der Waals surface area contributed by atoms with Crippen LogP contribution < -0.4 is 10.9 Å². The Morgan fingerprint density at radius 2 is 2.24 bits per heavy atom. The summed E-state index contributed by atoms with van der Waals surface area (Å²) in [6.45, 7) is 1.26. The zero-order chi connectivity index (χ0) is 15.0. The molecule has 0 spiro atoms. The maximum absolute atomic E-state index is 12.0. The van der Waals surface area contributed by atoms with Crippen molar-refractivity contribution < 1.29 is 9.66 Å². The van der Waals surface area contributed by atoms with Gasteiger partial charge in [-0.25, -0.2) is 0 Å².